The van der Waals surface area contributed by atoms with E-state index in [1.54, 1.807) is 0 Å². The Morgan fingerprint density at radius 1 is 1.11 bits per heavy atom. The third-order valence-electron chi connectivity index (χ3n) is 2.44. The number of hydrogen-bond donors (Lipinski definition) is 2. The number of hydrogen-bond acceptors (Lipinski definition) is 4. The third-order valence-corrected chi connectivity index (χ3v) is 3.05. The van der Waals surface area contributed by atoms with E-state index in [0.29, 0.717) is 25.7 Å². The molecule has 0 unspecified atom stereocenters. The van der Waals surface area contributed by atoms with Crippen molar-refractivity contribution in [2.24, 2.45) is 0 Å². The van der Waals surface area contributed by atoms with Crippen LogP contribution in [0, 0.1) is 0 Å². The lowest BCUT2D eigenvalue weighted by Crippen LogP contribution is -2.28. The lowest BCUT2D eigenvalue weighted by Gasteiger charge is -2.30. The Morgan fingerprint density at radius 3 is 2.42 bits per heavy atom. The largest absolute Gasteiger partial charge is 0.799 e. The van der Waals surface area contributed by atoms with Crippen molar-refractivity contribution in [2.45, 2.75) is 25.7 Å². The molecule has 0 aliphatic heterocycles. The molecule has 0 radical (unpaired) electrons. The molecular formula is C12H17N2O4P-2. The maximum absolute atomic E-state index is 11.5. The standard InChI is InChI=1S/C12H19N2O4P/c15-12(14-11-7-3-1-4-8-11)9-5-2-6-10-13-19(16,17)18/h1,3-4,7-8H,2,5-6,9-10H2,(H,14,15)(H3,13,16,17,18)/p-2. The molecule has 0 heterocycles. The summed E-state index contributed by atoms with van der Waals surface area (Å²) in [6.45, 7) is 0.130. The summed E-state index contributed by atoms with van der Waals surface area (Å²) in [5.41, 5.74) is 0.757. The number of nitrogens with one attached hydrogen (secondary N) is 2. The van der Waals surface area contributed by atoms with Crippen LogP contribution in [0.3, 0.4) is 0 Å². The maximum atomic E-state index is 11.5. The summed E-state index contributed by atoms with van der Waals surface area (Å²) in [5.74, 6) is -0.0718. The van der Waals surface area contributed by atoms with E-state index in [2.05, 4.69) is 5.32 Å². The van der Waals surface area contributed by atoms with Crippen LogP contribution >= 0.6 is 7.75 Å². The zero-order valence-electron chi connectivity index (χ0n) is 10.5. The van der Waals surface area contributed by atoms with Crippen LogP contribution in [0.4, 0.5) is 5.69 Å². The second-order valence-electron chi connectivity index (χ2n) is 4.13. The molecule has 0 saturated heterocycles. The predicted octanol–water partition coefficient (Wildman–Crippen LogP) is 0.604. The molecule has 1 aromatic rings. The van der Waals surface area contributed by atoms with Crippen molar-refractivity contribution in [1.29, 1.82) is 0 Å². The van der Waals surface area contributed by atoms with Crippen molar-refractivity contribution < 1.29 is 19.1 Å². The highest BCUT2D eigenvalue weighted by atomic mass is 31.2. The van der Waals surface area contributed by atoms with E-state index in [1.165, 1.54) is 0 Å². The first-order valence-electron chi connectivity index (χ1n) is 6.09. The van der Waals surface area contributed by atoms with Gasteiger partial charge in [-0.25, -0.2) is 0 Å². The van der Waals surface area contributed by atoms with Crippen LogP contribution in [-0.2, 0) is 9.36 Å². The van der Waals surface area contributed by atoms with Gasteiger partial charge in [0.15, 0.2) is 0 Å². The highest BCUT2D eigenvalue weighted by molar-refractivity contribution is 7.46. The summed E-state index contributed by atoms with van der Waals surface area (Å²) in [4.78, 5) is 32.1. The molecule has 106 valence electrons. The molecule has 1 rings (SSSR count). The monoisotopic (exact) mass is 284 g/mol. The Morgan fingerprint density at radius 2 is 1.79 bits per heavy atom. The molecule has 0 spiro atoms. The average molecular weight is 284 g/mol. The first kappa shape index (κ1) is 15.9. The van der Waals surface area contributed by atoms with E-state index in [0.717, 1.165) is 5.69 Å². The second kappa shape index (κ2) is 8.07. The van der Waals surface area contributed by atoms with Gasteiger partial charge < -0.3 is 19.7 Å². The van der Waals surface area contributed by atoms with Gasteiger partial charge >= 0.3 is 0 Å². The van der Waals surface area contributed by atoms with Gasteiger partial charge in [0.05, 0.1) is 0 Å². The summed E-state index contributed by atoms with van der Waals surface area (Å²) < 4.78 is 10.3. The highest BCUT2D eigenvalue weighted by Crippen LogP contribution is 2.15. The molecule has 7 heteroatoms. The Labute approximate surface area is 112 Å². The van der Waals surface area contributed by atoms with Gasteiger partial charge in [-0.1, -0.05) is 24.6 Å². The highest BCUT2D eigenvalue weighted by Gasteiger charge is 2.01. The summed E-state index contributed by atoms with van der Waals surface area (Å²) in [6, 6.07) is 9.16. The van der Waals surface area contributed by atoms with E-state index in [4.69, 9.17) is 0 Å². The minimum absolute atomic E-state index is 0.0718. The molecule has 0 atom stereocenters. The lowest BCUT2D eigenvalue weighted by atomic mass is 10.2. The zero-order valence-corrected chi connectivity index (χ0v) is 11.4. The minimum atomic E-state index is -4.61. The van der Waals surface area contributed by atoms with Crippen molar-refractivity contribution in [3.63, 3.8) is 0 Å². The molecule has 0 aromatic heterocycles. The number of carbonyl (C=O) groups excluding carboxylic acids is 1. The van der Waals surface area contributed by atoms with Crippen LogP contribution in [0.25, 0.3) is 0 Å². The maximum Gasteiger partial charge on any atom is 0.224 e. The number of unbranched alkanes of at least 4 members (excludes halogenated alkanes) is 2. The van der Waals surface area contributed by atoms with Crippen LogP contribution in [0.2, 0.25) is 0 Å². The summed E-state index contributed by atoms with van der Waals surface area (Å²) in [7, 11) is -4.61. The molecule has 0 aliphatic carbocycles. The van der Waals surface area contributed by atoms with Gasteiger partial charge in [-0.05, 0) is 39.3 Å². The number of carbonyl (C=O) groups is 1. The van der Waals surface area contributed by atoms with Crippen LogP contribution < -0.4 is 20.2 Å². The van der Waals surface area contributed by atoms with Crippen molar-refractivity contribution >= 4 is 19.3 Å². The molecule has 0 bridgehead atoms. The normalized spacial score (nSPS) is 11.3. The van der Waals surface area contributed by atoms with E-state index < -0.39 is 7.75 Å². The number of para-hydroxylation sites is 1. The molecular weight excluding hydrogens is 267 g/mol. The van der Waals surface area contributed by atoms with Gasteiger partial charge in [0.2, 0.25) is 5.91 Å². The van der Waals surface area contributed by atoms with Crippen molar-refractivity contribution in [3.05, 3.63) is 30.3 Å². The van der Waals surface area contributed by atoms with Gasteiger partial charge in [0.1, 0.15) is 0 Å². The van der Waals surface area contributed by atoms with Gasteiger partial charge in [0, 0.05) is 12.1 Å². The first-order chi connectivity index (χ1) is 8.97. The molecule has 19 heavy (non-hydrogen) atoms. The fraction of sp³-hybridized carbons (Fsp3) is 0.417. The van der Waals surface area contributed by atoms with Gasteiger partial charge in [0.25, 0.3) is 0 Å². The SMILES string of the molecule is O=C(CCCCCNP(=O)([O-])[O-])Nc1ccccc1. The van der Waals surface area contributed by atoms with Crippen LogP contribution in [0.1, 0.15) is 25.7 Å². The lowest BCUT2D eigenvalue weighted by molar-refractivity contribution is -0.317. The summed E-state index contributed by atoms with van der Waals surface area (Å²) in [6.07, 6.45) is 2.27. The van der Waals surface area contributed by atoms with Crippen molar-refractivity contribution in [1.82, 2.24) is 5.09 Å². The molecule has 1 aromatic carbocycles. The zero-order chi connectivity index (χ0) is 14.1. The molecule has 2 N–H and O–H groups in total. The molecule has 1 amide bonds. The molecule has 0 saturated carbocycles. The molecule has 0 aliphatic rings. The fourth-order valence-corrected chi connectivity index (χ4v) is 1.98. The van der Waals surface area contributed by atoms with Gasteiger partial charge in [-0.15, -0.1) is 0 Å². The fourth-order valence-electron chi connectivity index (χ4n) is 1.55. The Kier molecular flexibility index (Phi) is 6.73. The third kappa shape index (κ3) is 8.51. The van der Waals surface area contributed by atoms with Crippen molar-refractivity contribution in [2.75, 3.05) is 11.9 Å². The Bertz CT molecular complexity index is 433. The Balaban J connectivity index is 2.07. The van der Waals surface area contributed by atoms with E-state index >= 15 is 0 Å². The minimum Gasteiger partial charge on any atom is -0.799 e. The van der Waals surface area contributed by atoms with E-state index in [9.17, 15) is 19.1 Å². The first-order valence-corrected chi connectivity index (χ1v) is 7.64. The summed E-state index contributed by atoms with van der Waals surface area (Å²) in [5, 5.41) is 4.65. The number of benzene rings is 1. The van der Waals surface area contributed by atoms with Crippen LogP contribution in [0.5, 0.6) is 0 Å². The second-order valence-corrected chi connectivity index (χ2v) is 5.44. The van der Waals surface area contributed by atoms with E-state index in [1.807, 2.05) is 35.4 Å². The average Bonchev–Trinajstić information content (AvgIpc) is 2.33. The summed E-state index contributed by atoms with van der Waals surface area (Å²) >= 11 is 0. The molecule has 6 nitrogen and oxygen atoms in total. The number of amides is 1. The smallest absolute Gasteiger partial charge is 0.224 e. The topological polar surface area (TPSA) is 104 Å². The predicted molar refractivity (Wildman–Crippen MR) is 69.1 cm³/mol. The quantitative estimate of drug-likeness (QED) is 0.537. The number of anilines is 1. The van der Waals surface area contributed by atoms with Gasteiger partial charge in [-0.3, -0.25) is 9.88 Å². The van der Waals surface area contributed by atoms with Crippen LogP contribution in [0.15, 0.2) is 30.3 Å². The van der Waals surface area contributed by atoms with Gasteiger partial charge in [-0.2, -0.15) is 0 Å². The van der Waals surface area contributed by atoms with Crippen LogP contribution in [-0.4, -0.2) is 12.5 Å². The van der Waals surface area contributed by atoms with E-state index in [-0.39, 0.29) is 12.5 Å². The Hall–Kier alpha value is -1.20. The molecule has 0 fully saturated rings. The number of rotatable bonds is 8. The van der Waals surface area contributed by atoms with Crippen molar-refractivity contribution in [3.8, 4) is 0 Å².